The van der Waals surface area contributed by atoms with Crippen LogP contribution in [0.15, 0.2) is 61.0 Å². The van der Waals surface area contributed by atoms with Crippen molar-refractivity contribution in [3.63, 3.8) is 0 Å². The molecule has 2 atom stereocenters. The Kier molecular flexibility index (Phi) is 29.8. The van der Waals surface area contributed by atoms with Crippen LogP contribution in [0.2, 0.25) is 0 Å². The fourth-order valence-electron chi connectivity index (χ4n) is 4.51. The van der Waals surface area contributed by atoms with Gasteiger partial charge < -0.3 is 21.3 Å². The van der Waals surface area contributed by atoms with Gasteiger partial charge in [0.05, 0.1) is 0 Å². The van der Waals surface area contributed by atoms with Gasteiger partial charge in [-0.25, -0.2) is 4.39 Å². The summed E-state index contributed by atoms with van der Waals surface area (Å²) in [6.45, 7) is 31.3. The Hall–Kier alpha value is -3.30. The summed E-state index contributed by atoms with van der Waals surface area (Å²) in [6, 6.07) is 8.04. The Morgan fingerprint density at radius 3 is 1.80 bits per heavy atom. The number of carbonyl (C=O) groups is 3. The molecule has 0 spiro atoms. The summed E-state index contributed by atoms with van der Waals surface area (Å²) in [5.41, 5.74) is 13.3. The van der Waals surface area contributed by atoms with Crippen molar-refractivity contribution in [2.75, 3.05) is 45.8 Å². The van der Waals surface area contributed by atoms with Gasteiger partial charge >= 0.3 is 0 Å². The molecule has 2 aliphatic heterocycles. The highest BCUT2D eigenvalue weighted by molar-refractivity contribution is 5.88. The zero-order valence-electron chi connectivity index (χ0n) is 30.7. The second kappa shape index (κ2) is 29.1. The minimum atomic E-state index is -0.481. The minimum Gasteiger partial charge on any atom is -0.370 e. The van der Waals surface area contributed by atoms with E-state index in [0.29, 0.717) is 19.5 Å². The van der Waals surface area contributed by atoms with Gasteiger partial charge in [-0.15, -0.1) is 0 Å². The van der Waals surface area contributed by atoms with Crippen LogP contribution in [-0.2, 0) is 14.4 Å². The number of piperazine rings is 1. The molecule has 2 unspecified atom stereocenters. The van der Waals surface area contributed by atoms with Gasteiger partial charge in [0.1, 0.15) is 11.9 Å². The zero-order chi connectivity index (χ0) is 36.2. The summed E-state index contributed by atoms with van der Waals surface area (Å²) in [5, 5.41) is 0. The van der Waals surface area contributed by atoms with Gasteiger partial charge in [0.2, 0.25) is 17.7 Å². The van der Waals surface area contributed by atoms with Crippen molar-refractivity contribution in [3.8, 4) is 0 Å². The molecule has 0 aromatic heterocycles. The lowest BCUT2D eigenvalue weighted by Crippen LogP contribution is -2.55. The molecule has 2 aliphatic rings. The van der Waals surface area contributed by atoms with Crippen molar-refractivity contribution in [1.82, 2.24) is 14.7 Å². The molecular formula is C37H66FN5O3. The molecule has 264 valence electrons. The lowest BCUT2D eigenvalue weighted by atomic mass is 9.90. The van der Waals surface area contributed by atoms with Gasteiger partial charge in [-0.3, -0.25) is 19.3 Å². The van der Waals surface area contributed by atoms with E-state index in [1.165, 1.54) is 17.6 Å². The van der Waals surface area contributed by atoms with Crippen LogP contribution in [0.25, 0.3) is 0 Å². The summed E-state index contributed by atoms with van der Waals surface area (Å²) < 4.78 is 11.1. The van der Waals surface area contributed by atoms with E-state index in [0.717, 1.165) is 50.8 Å². The Labute approximate surface area is 280 Å². The zero-order valence-corrected chi connectivity index (χ0v) is 30.7. The van der Waals surface area contributed by atoms with Crippen LogP contribution >= 0.6 is 0 Å². The lowest BCUT2D eigenvalue weighted by molar-refractivity contribution is -0.144. The number of benzene rings is 1. The van der Waals surface area contributed by atoms with Crippen LogP contribution in [0.4, 0.5) is 4.39 Å². The summed E-state index contributed by atoms with van der Waals surface area (Å²) >= 11 is 0. The number of amides is 3. The van der Waals surface area contributed by atoms with Gasteiger partial charge in [0.25, 0.3) is 0 Å². The van der Waals surface area contributed by atoms with Crippen LogP contribution in [-0.4, -0.2) is 84.3 Å². The molecular weight excluding hydrogens is 581 g/mol. The van der Waals surface area contributed by atoms with Crippen molar-refractivity contribution >= 4 is 17.7 Å². The van der Waals surface area contributed by atoms with Crippen LogP contribution in [0.5, 0.6) is 0 Å². The highest BCUT2D eigenvalue weighted by atomic mass is 19.1. The fourth-order valence-corrected chi connectivity index (χ4v) is 4.51. The molecule has 9 heteroatoms. The van der Waals surface area contributed by atoms with E-state index in [1.807, 2.05) is 32.6 Å². The summed E-state index contributed by atoms with van der Waals surface area (Å²) in [4.78, 5) is 41.6. The van der Waals surface area contributed by atoms with Gasteiger partial charge in [0.15, 0.2) is 0 Å². The van der Waals surface area contributed by atoms with E-state index in [-0.39, 0.29) is 29.7 Å². The molecule has 0 bridgehead atoms. The molecule has 3 rings (SSSR count). The molecule has 2 saturated heterocycles. The van der Waals surface area contributed by atoms with Gasteiger partial charge in [-0.05, 0) is 38.8 Å². The van der Waals surface area contributed by atoms with E-state index in [2.05, 4.69) is 88.8 Å². The standard InChI is InChI=1S/C23H33N3O2.C4H5F.C3H8N2O.C3H8.2C2H6/c1-5-17(2)16-24-12-14-25(15-13-24)23(28)22-21(10-11-26(22)19(4)27)20-8-6-18(3)7-9-20;1-3-4(2)5;4-2-1-3(5)6;1-3-2;2*1-2/h5-9,21-22H,10-16H2,1-4H3;3H,1-2H2;1-2,4H2,(H2,5,6);3H2,1-2H3;2*1-2H3/b17-5-;;;;;. The molecule has 3 amide bonds. The van der Waals surface area contributed by atoms with Crippen LogP contribution in [0, 0.1) is 6.92 Å². The van der Waals surface area contributed by atoms with E-state index in [1.54, 1.807) is 11.8 Å². The number of hydrogen-bond donors (Lipinski definition) is 2. The highest BCUT2D eigenvalue weighted by Crippen LogP contribution is 2.35. The number of allylic oxidation sites excluding steroid dienone is 3. The normalized spacial score (nSPS) is 17.0. The Morgan fingerprint density at radius 2 is 1.46 bits per heavy atom. The van der Waals surface area contributed by atoms with Gasteiger partial charge in [-0.2, -0.15) is 0 Å². The third-order valence-electron chi connectivity index (χ3n) is 6.82. The second-order valence-corrected chi connectivity index (χ2v) is 10.6. The third kappa shape index (κ3) is 20.0. The number of halogens is 1. The monoisotopic (exact) mass is 648 g/mol. The first-order valence-corrected chi connectivity index (χ1v) is 16.8. The maximum Gasteiger partial charge on any atom is 0.246 e. The largest absolute Gasteiger partial charge is 0.370 e. The van der Waals surface area contributed by atoms with E-state index in [9.17, 15) is 18.8 Å². The minimum absolute atomic E-state index is 0.00435. The average Bonchev–Trinajstić information content (AvgIpc) is 3.50. The second-order valence-electron chi connectivity index (χ2n) is 10.6. The average molecular weight is 648 g/mol. The molecule has 46 heavy (non-hydrogen) atoms. The number of nitrogens with two attached hydrogens (primary N) is 2. The van der Waals surface area contributed by atoms with Crippen molar-refractivity contribution in [3.05, 3.63) is 72.1 Å². The van der Waals surface area contributed by atoms with Gasteiger partial charge in [0, 0.05) is 65.1 Å². The third-order valence-corrected chi connectivity index (χ3v) is 6.82. The Bertz CT molecular complexity index is 1020. The first-order valence-electron chi connectivity index (χ1n) is 16.8. The summed E-state index contributed by atoms with van der Waals surface area (Å²) in [5.74, 6) is -0.626. The fraction of sp³-hybridized carbons (Fsp3) is 0.595. The SMILES string of the molecule is C/C=C(/C)CN1CCN(C(=O)C2C(c3ccc(C)cc3)CCN2C(C)=O)CC1.C=CC(=C)F.CC.CC.CCC.NCCC(N)=O. The molecule has 4 N–H and O–H groups in total. The van der Waals surface area contributed by atoms with Crippen molar-refractivity contribution in [1.29, 1.82) is 0 Å². The van der Waals surface area contributed by atoms with E-state index in [4.69, 9.17) is 5.73 Å². The number of aryl methyl sites for hydroxylation is 1. The van der Waals surface area contributed by atoms with Crippen LogP contribution < -0.4 is 11.5 Å². The number of likely N-dealkylation sites (tertiary alicyclic amines) is 1. The molecule has 2 heterocycles. The first-order chi connectivity index (χ1) is 21.9. The van der Waals surface area contributed by atoms with Crippen LogP contribution in [0.1, 0.15) is 98.6 Å². The predicted octanol–water partition coefficient (Wildman–Crippen LogP) is 6.75. The summed E-state index contributed by atoms with van der Waals surface area (Å²) in [6.07, 6.45) is 5.59. The summed E-state index contributed by atoms with van der Waals surface area (Å²) in [7, 11) is 0. The number of carbonyl (C=O) groups excluding carboxylic acids is 3. The molecule has 1 aromatic rings. The Morgan fingerprint density at radius 1 is 0.978 bits per heavy atom. The first kappa shape index (κ1) is 47.1. The quantitative estimate of drug-likeness (QED) is 0.251. The van der Waals surface area contributed by atoms with E-state index < -0.39 is 5.83 Å². The topological polar surface area (TPSA) is 113 Å². The van der Waals surface area contributed by atoms with E-state index >= 15 is 0 Å². The molecule has 0 aliphatic carbocycles. The Balaban J connectivity index is -0.000000852. The smallest absolute Gasteiger partial charge is 0.246 e. The van der Waals surface area contributed by atoms with Gasteiger partial charge in [-0.1, -0.05) is 103 Å². The highest BCUT2D eigenvalue weighted by Gasteiger charge is 2.43. The van der Waals surface area contributed by atoms with Crippen molar-refractivity contribution in [2.45, 2.75) is 100 Å². The molecule has 1 aromatic carbocycles. The molecule has 0 radical (unpaired) electrons. The maximum absolute atomic E-state index is 13.5. The number of hydrogen-bond acceptors (Lipinski definition) is 5. The number of rotatable bonds is 7. The predicted molar refractivity (Wildman–Crippen MR) is 194 cm³/mol. The molecule has 0 saturated carbocycles. The molecule has 8 nitrogen and oxygen atoms in total. The number of nitrogens with zero attached hydrogens (tertiary/aromatic N) is 3. The van der Waals surface area contributed by atoms with Crippen molar-refractivity contribution < 1.29 is 18.8 Å². The maximum atomic E-state index is 13.5. The molecule has 2 fully saturated rings. The number of primary amides is 1. The van der Waals surface area contributed by atoms with Crippen LogP contribution in [0.3, 0.4) is 0 Å². The lowest BCUT2D eigenvalue weighted by Gasteiger charge is -2.38. The van der Waals surface area contributed by atoms with Crippen molar-refractivity contribution in [2.24, 2.45) is 11.5 Å².